The standard InChI is InChI=1S/C22H21ClN4O2.C3H8O/c1-24-12-13-25-19-10-6-17(7-11-19)21-15-20(16-4-8-18(23)9-5-16)26-27(21)22(29)3-2-14-28;1-3-4-2/h4-14,21H,2-3,15H2,1H3;3H2,1-2H3. The van der Waals surface area contributed by atoms with E-state index in [1.807, 2.05) is 43.3 Å². The fourth-order valence-corrected chi connectivity index (χ4v) is 3.21. The molecule has 1 unspecified atom stereocenters. The van der Waals surface area contributed by atoms with Crippen LogP contribution in [0.4, 0.5) is 5.69 Å². The van der Waals surface area contributed by atoms with Crippen LogP contribution >= 0.6 is 11.6 Å². The Balaban J connectivity index is 0.000000890. The SMILES string of the molecule is CCOC.CN=CC=Nc1ccc(C2CC(c3ccc(Cl)cc3)=NN2C(=O)CCC=O)cc1. The minimum atomic E-state index is -0.227. The summed E-state index contributed by atoms with van der Waals surface area (Å²) in [5.74, 6) is -0.174. The summed E-state index contributed by atoms with van der Waals surface area (Å²) in [6, 6.07) is 14.8. The van der Waals surface area contributed by atoms with Crippen LogP contribution in [0, 0.1) is 0 Å². The van der Waals surface area contributed by atoms with E-state index < -0.39 is 0 Å². The second-order valence-corrected chi connectivity index (χ2v) is 7.51. The van der Waals surface area contributed by atoms with E-state index in [0.29, 0.717) is 11.4 Å². The molecule has 1 aliphatic heterocycles. The Labute approximate surface area is 199 Å². The van der Waals surface area contributed by atoms with Gasteiger partial charge in [0.25, 0.3) is 0 Å². The van der Waals surface area contributed by atoms with E-state index in [2.05, 4.69) is 19.8 Å². The van der Waals surface area contributed by atoms with Crippen LogP contribution in [0.25, 0.3) is 0 Å². The molecule has 8 heteroatoms. The third-order valence-electron chi connectivity index (χ3n) is 4.83. The lowest BCUT2D eigenvalue weighted by Crippen LogP contribution is -2.26. The highest BCUT2D eigenvalue weighted by Gasteiger charge is 2.32. The lowest BCUT2D eigenvalue weighted by atomic mass is 9.98. The molecule has 1 atom stereocenters. The summed E-state index contributed by atoms with van der Waals surface area (Å²) < 4.78 is 4.54. The Morgan fingerprint density at radius 3 is 2.42 bits per heavy atom. The summed E-state index contributed by atoms with van der Waals surface area (Å²) in [5.41, 5.74) is 3.49. The summed E-state index contributed by atoms with van der Waals surface area (Å²) >= 11 is 5.98. The van der Waals surface area contributed by atoms with Gasteiger partial charge in [0.05, 0.1) is 17.4 Å². The van der Waals surface area contributed by atoms with Crippen molar-refractivity contribution in [3.8, 4) is 0 Å². The van der Waals surface area contributed by atoms with Gasteiger partial charge in [0, 0.05) is 57.5 Å². The van der Waals surface area contributed by atoms with Crippen LogP contribution < -0.4 is 0 Å². The quantitative estimate of drug-likeness (QED) is 0.401. The summed E-state index contributed by atoms with van der Waals surface area (Å²) in [4.78, 5) is 31.5. The zero-order chi connectivity index (χ0) is 24.1. The van der Waals surface area contributed by atoms with E-state index in [1.165, 1.54) is 5.01 Å². The van der Waals surface area contributed by atoms with E-state index in [9.17, 15) is 9.59 Å². The lowest BCUT2D eigenvalue weighted by molar-refractivity contribution is -0.133. The Morgan fingerprint density at radius 2 is 1.85 bits per heavy atom. The molecule has 33 heavy (non-hydrogen) atoms. The van der Waals surface area contributed by atoms with Crippen molar-refractivity contribution in [1.82, 2.24) is 5.01 Å². The Kier molecular flexibility index (Phi) is 11.1. The number of rotatable bonds is 8. The van der Waals surface area contributed by atoms with Gasteiger partial charge in [-0.2, -0.15) is 5.10 Å². The van der Waals surface area contributed by atoms with Gasteiger partial charge in [0.1, 0.15) is 6.29 Å². The van der Waals surface area contributed by atoms with Gasteiger partial charge >= 0.3 is 0 Å². The van der Waals surface area contributed by atoms with Gasteiger partial charge in [0.15, 0.2) is 0 Å². The van der Waals surface area contributed by atoms with Crippen LogP contribution in [0.2, 0.25) is 5.02 Å². The van der Waals surface area contributed by atoms with Crippen molar-refractivity contribution in [2.75, 3.05) is 20.8 Å². The Hall–Kier alpha value is -3.16. The summed E-state index contributed by atoms with van der Waals surface area (Å²) in [6.07, 6.45) is 4.89. The largest absolute Gasteiger partial charge is 0.385 e. The molecule has 1 heterocycles. The minimum absolute atomic E-state index is 0.135. The number of hydrogen-bond acceptors (Lipinski definition) is 6. The maximum atomic E-state index is 12.7. The van der Waals surface area contributed by atoms with E-state index in [0.717, 1.165) is 35.4 Å². The van der Waals surface area contributed by atoms with Crippen LogP contribution in [0.5, 0.6) is 0 Å². The molecule has 3 rings (SSSR count). The molecule has 0 bridgehead atoms. The van der Waals surface area contributed by atoms with Crippen LogP contribution in [-0.4, -0.2) is 56.1 Å². The van der Waals surface area contributed by atoms with Crippen molar-refractivity contribution in [3.63, 3.8) is 0 Å². The first kappa shape index (κ1) is 26.1. The number of amides is 1. The molecule has 0 radical (unpaired) electrons. The predicted molar refractivity (Wildman–Crippen MR) is 134 cm³/mol. The number of nitrogens with zero attached hydrogens (tertiary/aromatic N) is 4. The molecule has 1 amide bonds. The monoisotopic (exact) mass is 468 g/mol. The summed E-state index contributed by atoms with van der Waals surface area (Å²) in [6.45, 7) is 2.78. The molecule has 2 aromatic carbocycles. The zero-order valence-corrected chi connectivity index (χ0v) is 19.9. The summed E-state index contributed by atoms with van der Waals surface area (Å²) in [5, 5.41) is 6.72. The second-order valence-electron chi connectivity index (χ2n) is 7.07. The second kappa shape index (κ2) is 14.1. The van der Waals surface area contributed by atoms with Gasteiger partial charge < -0.3 is 9.53 Å². The Morgan fingerprint density at radius 1 is 1.18 bits per heavy atom. The fourth-order valence-electron chi connectivity index (χ4n) is 3.08. The maximum absolute atomic E-state index is 12.7. The van der Waals surface area contributed by atoms with Gasteiger partial charge in [-0.05, 0) is 42.3 Å². The molecule has 0 saturated heterocycles. The molecule has 0 aromatic heterocycles. The molecule has 174 valence electrons. The molecule has 0 fully saturated rings. The minimum Gasteiger partial charge on any atom is -0.385 e. The van der Waals surface area contributed by atoms with Crippen LogP contribution in [0.1, 0.15) is 43.4 Å². The average Bonchev–Trinajstić information content (AvgIpc) is 3.29. The van der Waals surface area contributed by atoms with Crippen molar-refractivity contribution >= 4 is 47.6 Å². The first-order valence-electron chi connectivity index (χ1n) is 10.7. The number of hydrogen-bond donors (Lipinski definition) is 0. The highest BCUT2D eigenvalue weighted by Crippen LogP contribution is 2.34. The van der Waals surface area contributed by atoms with Crippen LogP contribution in [0.3, 0.4) is 0 Å². The van der Waals surface area contributed by atoms with E-state index in [-0.39, 0.29) is 24.8 Å². The van der Waals surface area contributed by atoms with Crippen molar-refractivity contribution < 1.29 is 14.3 Å². The topological polar surface area (TPSA) is 83.7 Å². The normalized spacial score (nSPS) is 15.5. The molecule has 2 aromatic rings. The number of ether oxygens (including phenoxy) is 1. The molecule has 0 aliphatic carbocycles. The van der Waals surface area contributed by atoms with Crippen molar-refractivity contribution in [1.29, 1.82) is 0 Å². The smallest absolute Gasteiger partial charge is 0.243 e. The number of aldehydes is 1. The predicted octanol–water partition coefficient (Wildman–Crippen LogP) is 5.05. The Bertz CT molecular complexity index is 984. The van der Waals surface area contributed by atoms with Crippen LogP contribution in [0.15, 0.2) is 63.6 Å². The van der Waals surface area contributed by atoms with Gasteiger partial charge in [-0.15, -0.1) is 0 Å². The third-order valence-corrected chi connectivity index (χ3v) is 5.08. The first-order chi connectivity index (χ1) is 16.0. The molecular weight excluding hydrogens is 440 g/mol. The molecule has 7 nitrogen and oxygen atoms in total. The molecule has 0 saturated carbocycles. The van der Waals surface area contributed by atoms with Gasteiger partial charge in [-0.25, -0.2) is 5.01 Å². The van der Waals surface area contributed by atoms with E-state index >= 15 is 0 Å². The number of carbonyl (C=O) groups is 2. The number of carbonyl (C=O) groups excluding carboxylic acids is 2. The third kappa shape index (κ3) is 8.04. The number of methoxy groups -OCH3 is 1. The molecular formula is C25H29ClN4O3. The van der Waals surface area contributed by atoms with Crippen molar-refractivity contribution in [2.24, 2.45) is 15.1 Å². The number of benzene rings is 2. The van der Waals surface area contributed by atoms with Gasteiger partial charge in [-0.3, -0.25) is 14.8 Å². The van der Waals surface area contributed by atoms with Gasteiger partial charge in [0.2, 0.25) is 5.91 Å². The number of halogens is 1. The van der Waals surface area contributed by atoms with Crippen molar-refractivity contribution in [2.45, 2.75) is 32.2 Å². The molecule has 0 spiro atoms. The highest BCUT2D eigenvalue weighted by atomic mass is 35.5. The highest BCUT2D eigenvalue weighted by molar-refractivity contribution is 6.30. The maximum Gasteiger partial charge on any atom is 0.243 e. The molecule has 1 aliphatic rings. The fraction of sp³-hybridized carbons (Fsp3) is 0.320. The van der Waals surface area contributed by atoms with Crippen molar-refractivity contribution in [3.05, 3.63) is 64.7 Å². The zero-order valence-electron chi connectivity index (χ0n) is 19.1. The van der Waals surface area contributed by atoms with Crippen LogP contribution in [-0.2, 0) is 14.3 Å². The van der Waals surface area contributed by atoms with E-state index in [1.54, 1.807) is 38.7 Å². The first-order valence-corrected chi connectivity index (χ1v) is 11.0. The van der Waals surface area contributed by atoms with Gasteiger partial charge in [-0.1, -0.05) is 35.9 Å². The number of hydrazone groups is 1. The van der Waals surface area contributed by atoms with E-state index in [4.69, 9.17) is 11.6 Å². The summed E-state index contributed by atoms with van der Waals surface area (Å²) in [7, 11) is 3.36. The average molecular weight is 469 g/mol. The lowest BCUT2D eigenvalue weighted by Gasteiger charge is -2.22. The number of aliphatic imine (C=N–C) groups is 2. The molecule has 0 N–H and O–H groups in total.